The maximum atomic E-state index is 13.0. The van der Waals surface area contributed by atoms with E-state index in [4.69, 9.17) is 5.11 Å². The van der Waals surface area contributed by atoms with Crippen LogP contribution in [0, 0.1) is 5.82 Å². The van der Waals surface area contributed by atoms with E-state index in [2.05, 4.69) is 0 Å². The van der Waals surface area contributed by atoms with Crippen LogP contribution in [0.4, 0.5) is 4.39 Å². The molecule has 1 rings (SSSR count). The summed E-state index contributed by atoms with van der Waals surface area (Å²) in [6, 6.07) is 5.48. The van der Waals surface area contributed by atoms with Crippen molar-refractivity contribution >= 4 is 5.97 Å². The van der Waals surface area contributed by atoms with Gasteiger partial charge in [0, 0.05) is 6.04 Å². The first-order valence-corrected chi connectivity index (χ1v) is 5.13. The van der Waals surface area contributed by atoms with Gasteiger partial charge in [0.15, 0.2) is 0 Å². The fourth-order valence-corrected chi connectivity index (χ4v) is 1.51. The van der Waals surface area contributed by atoms with Crippen LogP contribution < -0.4 is 0 Å². The Bertz CT molecular complexity index is 381. The average Bonchev–Trinajstić information content (AvgIpc) is 2.26. The summed E-state index contributed by atoms with van der Waals surface area (Å²) in [6.07, 6.45) is 0. The Morgan fingerprint density at radius 3 is 2.56 bits per heavy atom. The van der Waals surface area contributed by atoms with Crippen LogP contribution in [0.15, 0.2) is 24.3 Å². The predicted octanol–water partition coefficient (Wildman–Crippen LogP) is 2.29. The normalized spacial score (nSPS) is 14.8. The number of hydrogen-bond acceptors (Lipinski definition) is 2. The third kappa shape index (κ3) is 2.79. The van der Waals surface area contributed by atoms with Gasteiger partial charge in [-0.2, -0.15) is 0 Å². The number of hydrogen-bond donors (Lipinski definition) is 1. The molecule has 2 unspecified atom stereocenters. The molecule has 0 aromatic heterocycles. The standard InChI is InChI=1S/C12H16FNO2/c1-8(14(3)9(2)12(15)16)10-5-4-6-11(13)7-10/h4-9H,1-3H3,(H,15,16). The molecule has 0 aliphatic heterocycles. The van der Waals surface area contributed by atoms with Gasteiger partial charge < -0.3 is 5.11 Å². The summed E-state index contributed by atoms with van der Waals surface area (Å²) in [6.45, 7) is 3.46. The fourth-order valence-electron chi connectivity index (χ4n) is 1.51. The Labute approximate surface area is 94.5 Å². The van der Waals surface area contributed by atoms with Crippen LogP contribution in [0.5, 0.6) is 0 Å². The number of carboxylic acids is 1. The lowest BCUT2D eigenvalue weighted by atomic mass is 10.1. The number of carboxylic acid groups (broad SMARTS) is 1. The number of benzene rings is 1. The molecule has 2 atom stereocenters. The van der Waals surface area contributed by atoms with E-state index in [-0.39, 0.29) is 11.9 Å². The van der Waals surface area contributed by atoms with Gasteiger partial charge in [0.1, 0.15) is 11.9 Å². The van der Waals surface area contributed by atoms with Crippen LogP contribution in [0.1, 0.15) is 25.5 Å². The number of nitrogens with zero attached hydrogens (tertiary/aromatic N) is 1. The van der Waals surface area contributed by atoms with E-state index in [1.165, 1.54) is 12.1 Å². The monoisotopic (exact) mass is 225 g/mol. The SMILES string of the molecule is CC(C(=O)O)N(C)C(C)c1cccc(F)c1. The van der Waals surface area contributed by atoms with E-state index in [1.54, 1.807) is 31.0 Å². The van der Waals surface area contributed by atoms with E-state index in [1.807, 2.05) is 6.92 Å². The van der Waals surface area contributed by atoms with Crippen molar-refractivity contribution in [1.82, 2.24) is 4.90 Å². The Morgan fingerprint density at radius 1 is 1.44 bits per heavy atom. The van der Waals surface area contributed by atoms with Gasteiger partial charge in [0.05, 0.1) is 0 Å². The summed E-state index contributed by atoms with van der Waals surface area (Å²) < 4.78 is 13.0. The molecule has 0 spiro atoms. The molecule has 0 saturated heterocycles. The topological polar surface area (TPSA) is 40.5 Å². The lowest BCUT2D eigenvalue weighted by Crippen LogP contribution is -2.37. The maximum Gasteiger partial charge on any atom is 0.320 e. The molecule has 0 radical (unpaired) electrons. The Balaban J connectivity index is 2.85. The third-order valence-corrected chi connectivity index (χ3v) is 2.91. The van der Waals surface area contributed by atoms with Crippen molar-refractivity contribution in [1.29, 1.82) is 0 Å². The first-order valence-electron chi connectivity index (χ1n) is 5.13. The first kappa shape index (κ1) is 12.6. The molecule has 0 heterocycles. The molecule has 1 aromatic carbocycles. The van der Waals surface area contributed by atoms with Crippen molar-refractivity contribution < 1.29 is 14.3 Å². The predicted molar refractivity (Wildman–Crippen MR) is 59.7 cm³/mol. The zero-order valence-electron chi connectivity index (χ0n) is 9.64. The van der Waals surface area contributed by atoms with Crippen LogP contribution in [-0.4, -0.2) is 29.1 Å². The van der Waals surface area contributed by atoms with E-state index < -0.39 is 12.0 Å². The molecule has 88 valence electrons. The smallest absolute Gasteiger partial charge is 0.320 e. The maximum absolute atomic E-state index is 13.0. The molecular formula is C12H16FNO2. The van der Waals surface area contributed by atoms with Crippen LogP contribution in [0.3, 0.4) is 0 Å². The van der Waals surface area contributed by atoms with Crippen LogP contribution in [0.2, 0.25) is 0 Å². The lowest BCUT2D eigenvalue weighted by Gasteiger charge is -2.28. The molecular weight excluding hydrogens is 209 g/mol. The van der Waals surface area contributed by atoms with Gasteiger partial charge in [-0.3, -0.25) is 9.69 Å². The van der Waals surface area contributed by atoms with Crippen molar-refractivity contribution in [2.45, 2.75) is 25.9 Å². The second kappa shape index (κ2) is 5.07. The van der Waals surface area contributed by atoms with E-state index in [0.29, 0.717) is 0 Å². The van der Waals surface area contributed by atoms with Crippen molar-refractivity contribution in [3.8, 4) is 0 Å². The quantitative estimate of drug-likeness (QED) is 0.854. The highest BCUT2D eigenvalue weighted by molar-refractivity contribution is 5.72. The molecule has 0 saturated carbocycles. The summed E-state index contributed by atoms with van der Waals surface area (Å²) in [4.78, 5) is 12.5. The minimum Gasteiger partial charge on any atom is -0.480 e. The van der Waals surface area contributed by atoms with Crippen LogP contribution in [-0.2, 0) is 4.79 Å². The molecule has 1 aromatic rings. The van der Waals surface area contributed by atoms with Gasteiger partial charge in [-0.15, -0.1) is 0 Å². The highest BCUT2D eigenvalue weighted by Crippen LogP contribution is 2.21. The van der Waals surface area contributed by atoms with Crippen molar-refractivity contribution in [2.24, 2.45) is 0 Å². The molecule has 0 fully saturated rings. The van der Waals surface area contributed by atoms with Gasteiger partial charge in [0.2, 0.25) is 0 Å². The summed E-state index contributed by atoms with van der Waals surface area (Å²) >= 11 is 0. The zero-order chi connectivity index (χ0) is 12.3. The highest BCUT2D eigenvalue weighted by Gasteiger charge is 2.22. The fraction of sp³-hybridized carbons (Fsp3) is 0.417. The van der Waals surface area contributed by atoms with Gasteiger partial charge in [0.25, 0.3) is 0 Å². The number of halogens is 1. The van der Waals surface area contributed by atoms with Gasteiger partial charge in [-0.05, 0) is 38.6 Å². The second-order valence-corrected chi connectivity index (χ2v) is 3.91. The largest absolute Gasteiger partial charge is 0.480 e. The molecule has 3 nitrogen and oxygen atoms in total. The number of likely N-dealkylation sites (N-methyl/N-ethyl adjacent to an activating group) is 1. The zero-order valence-corrected chi connectivity index (χ0v) is 9.64. The van der Waals surface area contributed by atoms with Crippen LogP contribution in [0.25, 0.3) is 0 Å². The Kier molecular flexibility index (Phi) is 4.01. The van der Waals surface area contributed by atoms with Gasteiger partial charge in [-0.25, -0.2) is 4.39 Å². The number of carbonyl (C=O) groups is 1. The first-order chi connectivity index (χ1) is 7.43. The van der Waals surface area contributed by atoms with Gasteiger partial charge >= 0.3 is 5.97 Å². The summed E-state index contributed by atoms with van der Waals surface area (Å²) in [7, 11) is 1.72. The van der Waals surface area contributed by atoms with Gasteiger partial charge in [-0.1, -0.05) is 12.1 Å². The Hall–Kier alpha value is -1.42. The minimum atomic E-state index is -0.884. The third-order valence-electron chi connectivity index (χ3n) is 2.91. The molecule has 0 aliphatic carbocycles. The average molecular weight is 225 g/mol. The Morgan fingerprint density at radius 2 is 2.06 bits per heavy atom. The van der Waals surface area contributed by atoms with E-state index >= 15 is 0 Å². The van der Waals surface area contributed by atoms with Crippen LogP contribution >= 0.6 is 0 Å². The molecule has 0 amide bonds. The van der Waals surface area contributed by atoms with Crippen molar-refractivity contribution in [3.05, 3.63) is 35.6 Å². The summed E-state index contributed by atoms with van der Waals surface area (Å²) in [5.41, 5.74) is 0.774. The molecule has 0 aliphatic rings. The molecule has 4 heteroatoms. The summed E-state index contributed by atoms with van der Waals surface area (Å²) in [5.74, 6) is -1.19. The second-order valence-electron chi connectivity index (χ2n) is 3.91. The van der Waals surface area contributed by atoms with Crippen molar-refractivity contribution in [3.63, 3.8) is 0 Å². The molecule has 16 heavy (non-hydrogen) atoms. The summed E-state index contributed by atoms with van der Waals surface area (Å²) in [5, 5.41) is 8.89. The number of aliphatic carboxylic acids is 1. The van der Waals surface area contributed by atoms with E-state index in [0.717, 1.165) is 5.56 Å². The van der Waals surface area contributed by atoms with Crippen molar-refractivity contribution in [2.75, 3.05) is 7.05 Å². The highest BCUT2D eigenvalue weighted by atomic mass is 19.1. The molecule has 1 N–H and O–H groups in total. The minimum absolute atomic E-state index is 0.137. The van der Waals surface area contributed by atoms with E-state index in [9.17, 15) is 9.18 Å². The molecule has 0 bridgehead atoms. The lowest BCUT2D eigenvalue weighted by molar-refractivity contribution is -0.142. The number of rotatable bonds is 4.